The molecule has 0 saturated heterocycles. The van der Waals surface area contributed by atoms with Gasteiger partial charge in [0.15, 0.2) is 0 Å². The third-order valence-corrected chi connectivity index (χ3v) is 4.98. The highest BCUT2D eigenvalue weighted by Gasteiger charge is 2.35. The summed E-state index contributed by atoms with van der Waals surface area (Å²) in [6.45, 7) is 0.920. The van der Waals surface area contributed by atoms with Gasteiger partial charge in [-0.1, -0.05) is 54.6 Å². The summed E-state index contributed by atoms with van der Waals surface area (Å²) < 4.78 is 15.1. The molecule has 0 bridgehead atoms. The highest BCUT2D eigenvalue weighted by Crippen LogP contribution is 2.37. The average Bonchev–Trinajstić information content (AvgIpc) is 2.81. The van der Waals surface area contributed by atoms with Crippen molar-refractivity contribution < 1.29 is 23.8 Å². The van der Waals surface area contributed by atoms with Gasteiger partial charge in [0.05, 0.1) is 37.9 Å². The first-order chi connectivity index (χ1) is 14.6. The van der Waals surface area contributed by atoms with Crippen molar-refractivity contribution in [3.05, 3.63) is 83.7 Å². The predicted octanol–water partition coefficient (Wildman–Crippen LogP) is 3.51. The fraction of sp³-hybridized carbons (Fsp3) is 0.250. The molecule has 0 fully saturated rings. The van der Waals surface area contributed by atoms with Crippen LogP contribution in [0.25, 0.3) is 11.1 Å². The van der Waals surface area contributed by atoms with Crippen molar-refractivity contribution >= 4 is 11.9 Å². The van der Waals surface area contributed by atoms with E-state index < -0.39 is 17.9 Å². The van der Waals surface area contributed by atoms with Crippen LogP contribution in [0.1, 0.15) is 11.5 Å². The minimum Gasteiger partial charge on any atom is -0.466 e. The molecule has 1 heterocycles. The van der Waals surface area contributed by atoms with Gasteiger partial charge in [0.2, 0.25) is 0 Å². The molecule has 3 rings (SSSR count). The van der Waals surface area contributed by atoms with E-state index in [0.717, 1.165) is 16.7 Å². The first-order valence-corrected chi connectivity index (χ1v) is 9.59. The Bertz CT molecular complexity index is 913. The number of esters is 2. The number of carbonyl (C=O) groups excluding carboxylic acids is 2. The number of nitrogens with zero attached hydrogens (tertiary/aromatic N) is 1. The van der Waals surface area contributed by atoms with Crippen LogP contribution in [0, 0.1) is 0 Å². The lowest BCUT2D eigenvalue weighted by atomic mass is 9.83. The van der Waals surface area contributed by atoms with Crippen LogP contribution in [-0.2, 0) is 23.8 Å². The molecule has 0 saturated carbocycles. The van der Waals surface area contributed by atoms with Crippen LogP contribution in [0.15, 0.2) is 78.1 Å². The molecule has 0 radical (unpaired) electrons. The molecule has 0 amide bonds. The number of hydrogen-bond donors (Lipinski definition) is 0. The molecule has 0 aromatic heterocycles. The van der Waals surface area contributed by atoms with E-state index in [4.69, 9.17) is 14.2 Å². The number of rotatable bonds is 7. The molecule has 2 aromatic carbocycles. The van der Waals surface area contributed by atoms with Crippen molar-refractivity contribution in [2.75, 3.05) is 34.5 Å². The number of methoxy groups -OCH3 is 3. The second-order valence-electron chi connectivity index (χ2n) is 6.80. The zero-order valence-corrected chi connectivity index (χ0v) is 17.3. The Kier molecular flexibility index (Phi) is 7.03. The van der Waals surface area contributed by atoms with Crippen molar-refractivity contribution in [2.24, 2.45) is 0 Å². The Morgan fingerprint density at radius 1 is 0.800 bits per heavy atom. The van der Waals surface area contributed by atoms with Crippen molar-refractivity contribution in [2.45, 2.75) is 5.92 Å². The van der Waals surface area contributed by atoms with Crippen LogP contribution in [-0.4, -0.2) is 51.3 Å². The fourth-order valence-electron chi connectivity index (χ4n) is 3.47. The van der Waals surface area contributed by atoms with E-state index in [1.54, 1.807) is 24.4 Å². The maximum absolute atomic E-state index is 12.6. The predicted molar refractivity (Wildman–Crippen MR) is 113 cm³/mol. The lowest BCUT2D eigenvalue weighted by molar-refractivity contribution is -0.137. The molecule has 6 heteroatoms. The molecule has 0 aliphatic carbocycles. The van der Waals surface area contributed by atoms with Gasteiger partial charge in [-0.2, -0.15) is 0 Å². The summed E-state index contributed by atoms with van der Waals surface area (Å²) in [5, 5.41) is 0. The monoisotopic (exact) mass is 407 g/mol. The highest BCUT2D eigenvalue weighted by molar-refractivity contribution is 5.98. The molecule has 30 heavy (non-hydrogen) atoms. The normalized spacial score (nSPS) is 14.0. The molecule has 0 unspecified atom stereocenters. The van der Waals surface area contributed by atoms with Gasteiger partial charge in [-0.3, -0.25) is 0 Å². The third-order valence-electron chi connectivity index (χ3n) is 4.98. The minimum atomic E-state index is -0.589. The summed E-state index contributed by atoms with van der Waals surface area (Å²) in [4.78, 5) is 26.9. The van der Waals surface area contributed by atoms with Gasteiger partial charge in [0.25, 0.3) is 0 Å². The van der Waals surface area contributed by atoms with E-state index in [1.807, 2.05) is 54.6 Å². The number of benzene rings is 2. The lowest BCUT2D eigenvalue weighted by Gasteiger charge is -2.30. The Morgan fingerprint density at radius 3 is 1.83 bits per heavy atom. The van der Waals surface area contributed by atoms with Crippen LogP contribution >= 0.6 is 0 Å². The smallest absolute Gasteiger partial charge is 0.336 e. The van der Waals surface area contributed by atoms with Gasteiger partial charge in [0.1, 0.15) is 0 Å². The molecule has 2 aromatic rings. The van der Waals surface area contributed by atoms with Crippen LogP contribution < -0.4 is 0 Å². The molecule has 1 aliphatic heterocycles. The first kappa shape index (κ1) is 21.3. The van der Waals surface area contributed by atoms with Crippen molar-refractivity contribution in [1.82, 2.24) is 4.90 Å². The molecule has 156 valence electrons. The van der Waals surface area contributed by atoms with E-state index in [2.05, 4.69) is 0 Å². The Labute approximate surface area is 176 Å². The first-order valence-electron chi connectivity index (χ1n) is 9.59. The molecule has 1 aliphatic rings. The van der Waals surface area contributed by atoms with Crippen LogP contribution in [0.5, 0.6) is 0 Å². The minimum absolute atomic E-state index is 0.365. The Hall–Kier alpha value is -3.38. The summed E-state index contributed by atoms with van der Waals surface area (Å²) in [5.74, 6) is -1.58. The van der Waals surface area contributed by atoms with E-state index in [-0.39, 0.29) is 0 Å². The van der Waals surface area contributed by atoms with Gasteiger partial charge in [0, 0.05) is 26.1 Å². The Balaban J connectivity index is 2.02. The lowest BCUT2D eigenvalue weighted by Crippen LogP contribution is -2.30. The van der Waals surface area contributed by atoms with E-state index >= 15 is 0 Å². The summed E-state index contributed by atoms with van der Waals surface area (Å²) in [5.41, 5.74) is 3.66. The summed E-state index contributed by atoms with van der Waals surface area (Å²) in [7, 11) is 4.25. The zero-order chi connectivity index (χ0) is 21.5. The van der Waals surface area contributed by atoms with E-state index in [1.165, 1.54) is 14.2 Å². The molecular weight excluding hydrogens is 382 g/mol. The van der Waals surface area contributed by atoms with Crippen LogP contribution in [0.2, 0.25) is 0 Å². The topological polar surface area (TPSA) is 65.1 Å². The molecular formula is C24H25NO5. The van der Waals surface area contributed by atoms with Gasteiger partial charge >= 0.3 is 11.9 Å². The SMILES string of the molecule is COCCN1C=C(C(=O)OC)C(c2ccc(-c3ccccc3)cc2)C(C(=O)OC)=C1. The summed E-state index contributed by atoms with van der Waals surface area (Å²) >= 11 is 0. The largest absolute Gasteiger partial charge is 0.466 e. The average molecular weight is 407 g/mol. The quantitative estimate of drug-likeness (QED) is 0.655. The van der Waals surface area contributed by atoms with Crippen LogP contribution in [0.3, 0.4) is 0 Å². The molecule has 0 N–H and O–H groups in total. The van der Waals surface area contributed by atoms with E-state index in [9.17, 15) is 9.59 Å². The van der Waals surface area contributed by atoms with Crippen molar-refractivity contribution in [3.8, 4) is 11.1 Å². The number of carbonyl (C=O) groups is 2. The second-order valence-corrected chi connectivity index (χ2v) is 6.80. The van der Waals surface area contributed by atoms with Gasteiger partial charge in [-0.15, -0.1) is 0 Å². The summed E-state index contributed by atoms with van der Waals surface area (Å²) in [6, 6.07) is 17.8. The van der Waals surface area contributed by atoms with Gasteiger partial charge < -0.3 is 19.1 Å². The standard InChI is InChI=1S/C24H25NO5/c1-28-14-13-25-15-20(23(26)29-2)22(21(16-25)24(27)30-3)19-11-9-18(10-12-19)17-7-5-4-6-8-17/h4-12,15-16,22H,13-14H2,1-3H3. The zero-order valence-electron chi connectivity index (χ0n) is 17.3. The van der Waals surface area contributed by atoms with Crippen molar-refractivity contribution in [3.63, 3.8) is 0 Å². The summed E-state index contributed by atoms with van der Waals surface area (Å²) in [6.07, 6.45) is 3.40. The maximum Gasteiger partial charge on any atom is 0.336 e. The third kappa shape index (κ3) is 4.60. The molecule has 0 spiro atoms. The highest BCUT2D eigenvalue weighted by atomic mass is 16.5. The van der Waals surface area contributed by atoms with Crippen molar-refractivity contribution in [1.29, 1.82) is 0 Å². The number of hydrogen-bond acceptors (Lipinski definition) is 6. The molecule has 6 nitrogen and oxygen atoms in total. The van der Waals surface area contributed by atoms with E-state index in [0.29, 0.717) is 24.3 Å². The van der Waals surface area contributed by atoms with Crippen LogP contribution in [0.4, 0.5) is 0 Å². The second kappa shape index (κ2) is 9.89. The van der Waals surface area contributed by atoms with Gasteiger partial charge in [-0.05, 0) is 16.7 Å². The maximum atomic E-state index is 12.6. The van der Waals surface area contributed by atoms with Gasteiger partial charge in [-0.25, -0.2) is 9.59 Å². The molecule has 0 atom stereocenters. The fourth-order valence-corrected chi connectivity index (χ4v) is 3.47. The number of ether oxygens (including phenoxy) is 3. The Morgan fingerprint density at radius 2 is 1.33 bits per heavy atom.